The minimum atomic E-state index is -0.123. The molecule has 1 unspecified atom stereocenters. The van der Waals surface area contributed by atoms with Crippen LogP contribution in [-0.2, 0) is 6.42 Å². The quantitative estimate of drug-likeness (QED) is 0.696. The van der Waals surface area contributed by atoms with Gasteiger partial charge in [0.25, 0.3) is 5.91 Å². The van der Waals surface area contributed by atoms with Gasteiger partial charge in [0.2, 0.25) is 0 Å². The van der Waals surface area contributed by atoms with Crippen molar-refractivity contribution in [2.24, 2.45) is 0 Å². The number of hydrogen-bond acceptors (Lipinski definition) is 5. The fourth-order valence-electron chi connectivity index (χ4n) is 2.93. The number of carbonyl (C=O) groups excluding carboxylic acids is 1. The molecule has 27 heavy (non-hydrogen) atoms. The van der Waals surface area contributed by atoms with Crippen molar-refractivity contribution in [2.45, 2.75) is 19.4 Å². The zero-order chi connectivity index (χ0) is 19.2. The second-order valence-electron chi connectivity index (χ2n) is 6.59. The number of likely N-dealkylation sites (N-methyl/N-ethyl adjacent to an activating group) is 1. The molecule has 0 aliphatic heterocycles. The molecule has 0 aliphatic carbocycles. The third kappa shape index (κ3) is 4.57. The smallest absolute Gasteiger partial charge is 0.251 e. The summed E-state index contributed by atoms with van der Waals surface area (Å²) in [6, 6.07) is 15.9. The highest BCUT2D eigenvalue weighted by Gasteiger charge is 2.16. The molecule has 1 aromatic heterocycles. The highest BCUT2D eigenvalue weighted by atomic mass is 16.1. The Morgan fingerprint density at radius 2 is 1.96 bits per heavy atom. The van der Waals surface area contributed by atoms with Crippen LogP contribution in [0.15, 0.2) is 54.9 Å². The van der Waals surface area contributed by atoms with Gasteiger partial charge in [0.15, 0.2) is 0 Å². The third-order valence-corrected chi connectivity index (χ3v) is 4.57. The average molecular weight is 364 g/mol. The van der Waals surface area contributed by atoms with Crippen molar-refractivity contribution >= 4 is 5.91 Å². The van der Waals surface area contributed by atoms with Crippen LogP contribution in [0, 0.1) is 0 Å². The molecule has 2 aromatic carbocycles. The highest BCUT2D eigenvalue weighted by molar-refractivity contribution is 5.94. The first kappa shape index (κ1) is 18.7. The van der Waals surface area contributed by atoms with Crippen molar-refractivity contribution < 1.29 is 4.79 Å². The van der Waals surface area contributed by atoms with Gasteiger partial charge in [0.05, 0.1) is 11.7 Å². The van der Waals surface area contributed by atoms with Gasteiger partial charge in [-0.2, -0.15) is 0 Å². The zero-order valence-electron chi connectivity index (χ0n) is 15.8. The normalized spacial score (nSPS) is 12.1. The van der Waals surface area contributed by atoms with Gasteiger partial charge in [-0.25, -0.2) is 4.68 Å². The summed E-state index contributed by atoms with van der Waals surface area (Å²) < 4.78 is 1.52. The highest BCUT2D eigenvalue weighted by Crippen LogP contribution is 2.19. The lowest BCUT2D eigenvalue weighted by Gasteiger charge is -2.25. The Morgan fingerprint density at radius 3 is 2.59 bits per heavy atom. The first-order valence-electron chi connectivity index (χ1n) is 8.95. The number of aryl methyl sites for hydroxylation is 1. The molecule has 0 saturated heterocycles. The fourth-order valence-corrected chi connectivity index (χ4v) is 2.93. The number of aromatic nitrogens is 4. The van der Waals surface area contributed by atoms with Crippen LogP contribution >= 0.6 is 0 Å². The Kier molecular flexibility index (Phi) is 5.93. The number of carbonyl (C=O) groups is 1. The van der Waals surface area contributed by atoms with Crippen molar-refractivity contribution in [2.75, 3.05) is 20.6 Å². The number of tetrazole rings is 1. The van der Waals surface area contributed by atoms with Gasteiger partial charge in [0, 0.05) is 12.1 Å². The number of hydrogen-bond donors (Lipinski definition) is 1. The lowest BCUT2D eigenvalue weighted by molar-refractivity contribution is 0.0942. The number of nitrogens with zero attached hydrogens (tertiary/aromatic N) is 5. The predicted octanol–water partition coefficient (Wildman–Crippen LogP) is 2.26. The van der Waals surface area contributed by atoms with E-state index in [1.165, 1.54) is 22.1 Å². The zero-order valence-corrected chi connectivity index (χ0v) is 15.8. The van der Waals surface area contributed by atoms with Crippen LogP contribution < -0.4 is 5.32 Å². The lowest BCUT2D eigenvalue weighted by atomic mass is 10.0. The van der Waals surface area contributed by atoms with Crippen molar-refractivity contribution in [1.29, 1.82) is 0 Å². The Labute approximate surface area is 159 Å². The molecule has 7 heteroatoms. The molecule has 0 radical (unpaired) electrons. The summed E-state index contributed by atoms with van der Waals surface area (Å²) >= 11 is 0. The van der Waals surface area contributed by atoms with Gasteiger partial charge in [-0.05, 0) is 60.3 Å². The number of nitrogens with one attached hydrogen (secondary N) is 1. The molecular weight excluding hydrogens is 340 g/mol. The van der Waals surface area contributed by atoms with E-state index in [2.05, 4.69) is 56.9 Å². The molecule has 1 amide bonds. The van der Waals surface area contributed by atoms with E-state index in [0.717, 1.165) is 12.1 Å². The van der Waals surface area contributed by atoms with E-state index in [4.69, 9.17) is 0 Å². The van der Waals surface area contributed by atoms with Crippen LogP contribution in [0.2, 0.25) is 0 Å². The maximum Gasteiger partial charge on any atom is 0.251 e. The summed E-state index contributed by atoms with van der Waals surface area (Å²) in [5.41, 5.74) is 3.80. The number of amides is 1. The number of rotatable bonds is 7. The summed E-state index contributed by atoms with van der Waals surface area (Å²) in [6.45, 7) is 2.66. The van der Waals surface area contributed by atoms with Gasteiger partial charge in [0.1, 0.15) is 6.33 Å². The Balaban J connectivity index is 1.70. The molecule has 0 bridgehead atoms. The van der Waals surface area contributed by atoms with Crippen molar-refractivity contribution in [3.05, 3.63) is 71.5 Å². The SMILES string of the molecule is CCc1ccc(C(CNC(=O)c2cccc(-n3cnnn3)c2)N(C)C)cc1. The van der Waals surface area contributed by atoms with E-state index < -0.39 is 0 Å². The summed E-state index contributed by atoms with van der Waals surface area (Å²) in [6.07, 6.45) is 2.51. The second-order valence-corrected chi connectivity index (χ2v) is 6.59. The van der Waals surface area contributed by atoms with Crippen molar-refractivity contribution in [3.8, 4) is 5.69 Å². The summed E-state index contributed by atoms with van der Waals surface area (Å²) in [7, 11) is 4.03. The average Bonchev–Trinajstić information content (AvgIpc) is 3.23. The maximum atomic E-state index is 12.6. The monoisotopic (exact) mass is 364 g/mol. The van der Waals surface area contributed by atoms with Crippen LogP contribution in [0.1, 0.15) is 34.5 Å². The minimum Gasteiger partial charge on any atom is -0.350 e. The molecule has 0 saturated carbocycles. The van der Waals surface area contributed by atoms with Crippen molar-refractivity contribution in [3.63, 3.8) is 0 Å². The van der Waals surface area contributed by atoms with Crippen LogP contribution in [0.25, 0.3) is 5.69 Å². The Hall–Kier alpha value is -3.06. The van der Waals surface area contributed by atoms with Crippen LogP contribution in [0.3, 0.4) is 0 Å². The summed E-state index contributed by atoms with van der Waals surface area (Å²) in [5.74, 6) is -0.123. The Morgan fingerprint density at radius 1 is 1.19 bits per heavy atom. The topological polar surface area (TPSA) is 75.9 Å². The van der Waals surface area contributed by atoms with Gasteiger partial charge < -0.3 is 10.2 Å². The third-order valence-electron chi connectivity index (χ3n) is 4.57. The molecule has 1 N–H and O–H groups in total. The molecule has 3 rings (SSSR count). The predicted molar refractivity (Wildman–Crippen MR) is 104 cm³/mol. The van der Waals surface area contributed by atoms with E-state index in [0.29, 0.717) is 12.1 Å². The molecule has 0 fully saturated rings. The first-order valence-corrected chi connectivity index (χ1v) is 8.95. The van der Waals surface area contributed by atoms with Gasteiger partial charge >= 0.3 is 0 Å². The number of benzene rings is 2. The van der Waals surface area contributed by atoms with Crippen LogP contribution in [-0.4, -0.2) is 51.7 Å². The molecule has 140 valence electrons. The Bertz CT molecular complexity index is 874. The van der Waals surface area contributed by atoms with E-state index in [9.17, 15) is 4.79 Å². The molecule has 1 heterocycles. The standard InChI is InChI=1S/C20H24N6O/c1-4-15-8-10-16(11-9-15)19(25(2)3)13-21-20(27)17-6-5-7-18(12-17)26-14-22-23-24-26/h5-12,14,19H,4,13H2,1-3H3,(H,21,27). The summed E-state index contributed by atoms with van der Waals surface area (Å²) in [4.78, 5) is 14.7. The van der Waals surface area contributed by atoms with E-state index in [1.807, 2.05) is 26.2 Å². The van der Waals surface area contributed by atoms with Gasteiger partial charge in [-0.3, -0.25) is 4.79 Å². The molecular formula is C20H24N6O. The van der Waals surface area contributed by atoms with Gasteiger partial charge in [-0.1, -0.05) is 37.3 Å². The largest absolute Gasteiger partial charge is 0.350 e. The second kappa shape index (κ2) is 8.55. The molecule has 3 aromatic rings. The molecule has 1 atom stereocenters. The van der Waals surface area contributed by atoms with Crippen LogP contribution in [0.5, 0.6) is 0 Å². The van der Waals surface area contributed by atoms with Crippen molar-refractivity contribution in [1.82, 2.24) is 30.4 Å². The molecule has 7 nitrogen and oxygen atoms in total. The lowest BCUT2D eigenvalue weighted by Crippen LogP contribution is -2.34. The minimum absolute atomic E-state index is 0.0996. The van der Waals surface area contributed by atoms with Crippen LogP contribution in [0.4, 0.5) is 0 Å². The van der Waals surface area contributed by atoms with Gasteiger partial charge in [-0.15, -0.1) is 5.10 Å². The molecule has 0 aliphatic rings. The van der Waals surface area contributed by atoms with E-state index in [1.54, 1.807) is 12.1 Å². The molecule has 0 spiro atoms. The fraction of sp³-hybridized carbons (Fsp3) is 0.300. The first-order chi connectivity index (χ1) is 13.1. The van der Waals surface area contributed by atoms with E-state index in [-0.39, 0.29) is 11.9 Å². The maximum absolute atomic E-state index is 12.6. The van der Waals surface area contributed by atoms with E-state index >= 15 is 0 Å². The summed E-state index contributed by atoms with van der Waals surface area (Å²) in [5, 5.41) is 14.1.